The summed E-state index contributed by atoms with van der Waals surface area (Å²) in [5.41, 5.74) is 0.570. The lowest BCUT2D eigenvalue weighted by atomic mass is 9.98. The summed E-state index contributed by atoms with van der Waals surface area (Å²) in [5, 5.41) is 3.11. The molecule has 2 atom stereocenters. The lowest BCUT2D eigenvalue weighted by molar-refractivity contribution is 0.0997. The van der Waals surface area contributed by atoms with E-state index in [4.69, 9.17) is 4.74 Å². The molecule has 0 fully saturated rings. The number of methoxy groups -OCH3 is 1. The molecular formula is C14H21F2NO. The Morgan fingerprint density at radius 1 is 1.33 bits per heavy atom. The zero-order valence-electron chi connectivity index (χ0n) is 11.4. The zero-order chi connectivity index (χ0) is 13.7. The predicted octanol–water partition coefficient (Wildman–Crippen LogP) is 3.35. The summed E-state index contributed by atoms with van der Waals surface area (Å²) in [7, 11) is 1.59. The molecule has 4 heteroatoms. The highest BCUT2D eigenvalue weighted by molar-refractivity contribution is 5.29. The van der Waals surface area contributed by atoms with Gasteiger partial charge in [-0.3, -0.25) is 0 Å². The predicted molar refractivity (Wildman–Crippen MR) is 68.6 cm³/mol. The first kappa shape index (κ1) is 15.1. The second kappa shape index (κ2) is 6.81. The first-order valence-electron chi connectivity index (χ1n) is 6.21. The Hall–Kier alpha value is -1.00. The number of halogens is 2. The fraction of sp³-hybridized carbons (Fsp3) is 0.571. The van der Waals surface area contributed by atoms with Crippen LogP contribution < -0.4 is 5.32 Å². The smallest absolute Gasteiger partial charge is 0.133 e. The molecule has 0 aliphatic heterocycles. The SMILES string of the molecule is CCNC(CC(C)OC)c1c(F)ccc(C)c1F. The van der Waals surface area contributed by atoms with Gasteiger partial charge in [-0.15, -0.1) is 0 Å². The number of aryl methyl sites for hydroxylation is 1. The molecule has 1 aromatic carbocycles. The van der Waals surface area contributed by atoms with Crippen LogP contribution in [0.2, 0.25) is 0 Å². The van der Waals surface area contributed by atoms with Crippen molar-refractivity contribution in [2.24, 2.45) is 0 Å². The maximum Gasteiger partial charge on any atom is 0.133 e. The van der Waals surface area contributed by atoms with E-state index in [0.717, 1.165) is 0 Å². The van der Waals surface area contributed by atoms with Gasteiger partial charge in [-0.05, 0) is 38.4 Å². The third kappa shape index (κ3) is 3.50. The van der Waals surface area contributed by atoms with Crippen molar-refractivity contribution in [2.75, 3.05) is 13.7 Å². The number of hydrogen-bond acceptors (Lipinski definition) is 2. The van der Waals surface area contributed by atoms with Gasteiger partial charge in [0, 0.05) is 18.7 Å². The lowest BCUT2D eigenvalue weighted by Crippen LogP contribution is -2.27. The van der Waals surface area contributed by atoms with E-state index in [2.05, 4.69) is 5.32 Å². The third-order valence-corrected chi connectivity index (χ3v) is 3.09. The maximum atomic E-state index is 14.1. The van der Waals surface area contributed by atoms with Crippen LogP contribution in [0.4, 0.5) is 8.78 Å². The van der Waals surface area contributed by atoms with Gasteiger partial charge in [-0.2, -0.15) is 0 Å². The van der Waals surface area contributed by atoms with E-state index in [-0.39, 0.29) is 17.7 Å². The molecule has 0 aliphatic carbocycles. The van der Waals surface area contributed by atoms with Crippen molar-refractivity contribution < 1.29 is 13.5 Å². The van der Waals surface area contributed by atoms with Gasteiger partial charge >= 0.3 is 0 Å². The Kier molecular flexibility index (Phi) is 5.69. The van der Waals surface area contributed by atoms with E-state index in [9.17, 15) is 8.78 Å². The molecule has 0 amide bonds. The minimum atomic E-state index is -0.507. The molecule has 0 bridgehead atoms. The molecule has 2 unspecified atom stereocenters. The van der Waals surface area contributed by atoms with Gasteiger partial charge < -0.3 is 10.1 Å². The molecule has 18 heavy (non-hydrogen) atoms. The van der Waals surface area contributed by atoms with Gasteiger partial charge in [0.25, 0.3) is 0 Å². The van der Waals surface area contributed by atoms with E-state index in [1.54, 1.807) is 14.0 Å². The molecule has 0 spiro atoms. The van der Waals surface area contributed by atoms with E-state index < -0.39 is 11.6 Å². The van der Waals surface area contributed by atoms with Crippen molar-refractivity contribution >= 4 is 0 Å². The fourth-order valence-corrected chi connectivity index (χ4v) is 1.98. The van der Waals surface area contributed by atoms with Crippen LogP contribution in [-0.4, -0.2) is 19.8 Å². The van der Waals surface area contributed by atoms with Gasteiger partial charge in [0.15, 0.2) is 0 Å². The number of benzene rings is 1. The van der Waals surface area contributed by atoms with Gasteiger partial charge in [0.1, 0.15) is 11.6 Å². The summed E-state index contributed by atoms with van der Waals surface area (Å²) in [6.45, 7) is 6.08. The van der Waals surface area contributed by atoms with Crippen molar-refractivity contribution in [3.05, 3.63) is 34.9 Å². The molecule has 1 aromatic rings. The highest BCUT2D eigenvalue weighted by Crippen LogP contribution is 2.27. The van der Waals surface area contributed by atoms with Crippen molar-refractivity contribution in [3.63, 3.8) is 0 Å². The summed E-state index contributed by atoms with van der Waals surface area (Å²) in [4.78, 5) is 0. The molecule has 0 heterocycles. The Morgan fingerprint density at radius 3 is 2.56 bits per heavy atom. The minimum absolute atomic E-state index is 0.0617. The van der Waals surface area contributed by atoms with Crippen molar-refractivity contribution in [3.8, 4) is 0 Å². The van der Waals surface area contributed by atoms with E-state index >= 15 is 0 Å². The Morgan fingerprint density at radius 2 is 2.00 bits per heavy atom. The summed E-state index contributed by atoms with van der Waals surface area (Å²) in [6.07, 6.45) is 0.468. The second-order valence-electron chi connectivity index (χ2n) is 4.48. The van der Waals surface area contributed by atoms with Crippen LogP contribution in [0.3, 0.4) is 0 Å². The summed E-state index contributed by atoms with van der Waals surface area (Å²) in [6, 6.07) is 2.40. The van der Waals surface area contributed by atoms with Crippen molar-refractivity contribution in [1.29, 1.82) is 0 Å². The lowest BCUT2D eigenvalue weighted by Gasteiger charge is -2.23. The highest BCUT2D eigenvalue weighted by Gasteiger charge is 2.22. The van der Waals surface area contributed by atoms with Gasteiger partial charge in [0.2, 0.25) is 0 Å². The number of nitrogens with one attached hydrogen (secondary N) is 1. The van der Waals surface area contributed by atoms with Gasteiger partial charge in [-0.1, -0.05) is 13.0 Å². The summed E-state index contributed by atoms with van der Waals surface area (Å²) < 4.78 is 33.1. The van der Waals surface area contributed by atoms with Crippen molar-refractivity contribution in [1.82, 2.24) is 5.32 Å². The minimum Gasteiger partial charge on any atom is -0.382 e. The van der Waals surface area contributed by atoms with E-state index in [1.807, 2.05) is 13.8 Å². The molecule has 2 nitrogen and oxygen atoms in total. The monoisotopic (exact) mass is 257 g/mol. The highest BCUT2D eigenvalue weighted by atomic mass is 19.1. The second-order valence-corrected chi connectivity index (χ2v) is 4.48. The first-order valence-corrected chi connectivity index (χ1v) is 6.21. The van der Waals surface area contributed by atoms with Crippen LogP contribution in [0.5, 0.6) is 0 Å². The third-order valence-electron chi connectivity index (χ3n) is 3.09. The van der Waals surface area contributed by atoms with Crippen LogP contribution >= 0.6 is 0 Å². The largest absolute Gasteiger partial charge is 0.382 e. The fourth-order valence-electron chi connectivity index (χ4n) is 1.98. The average Bonchev–Trinajstić information content (AvgIpc) is 2.34. The topological polar surface area (TPSA) is 21.3 Å². The standard InChI is InChI=1S/C14H21F2NO/c1-5-17-12(8-10(3)18-4)13-11(15)7-6-9(2)14(13)16/h6-7,10,12,17H,5,8H2,1-4H3. The molecule has 0 aliphatic rings. The van der Waals surface area contributed by atoms with Crippen LogP contribution in [0.1, 0.15) is 37.4 Å². The maximum absolute atomic E-state index is 14.1. The molecule has 0 saturated heterocycles. The van der Waals surface area contributed by atoms with Crippen molar-refractivity contribution in [2.45, 2.75) is 39.3 Å². The first-order chi connectivity index (χ1) is 8.51. The van der Waals surface area contributed by atoms with Crippen LogP contribution in [0.15, 0.2) is 12.1 Å². The van der Waals surface area contributed by atoms with Gasteiger partial charge in [-0.25, -0.2) is 8.78 Å². The van der Waals surface area contributed by atoms with E-state index in [0.29, 0.717) is 18.5 Å². The van der Waals surface area contributed by atoms with Crippen LogP contribution in [-0.2, 0) is 4.74 Å². The van der Waals surface area contributed by atoms with Crippen LogP contribution in [0.25, 0.3) is 0 Å². The zero-order valence-corrected chi connectivity index (χ0v) is 11.4. The molecule has 1 N–H and O–H groups in total. The molecule has 1 rings (SSSR count). The summed E-state index contributed by atoms with van der Waals surface area (Å²) in [5.74, 6) is -0.975. The van der Waals surface area contributed by atoms with E-state index in [1.165, 1.54) is 12.1 Å². The normalized spacial score (nSPS) is 14.6. The molecule has 0 saturated carbocycles. The molecule has 0 aromatic heterocycles. The van der Waals surface area contributed by atoms with Gasteiger partial charge in [0.05, 0.1) is 6.10 Å². The average molecular weight is 257 g/mol. The molecular weight excluding hydrogens is 236 g/mol. The number of ether oxygens (including phenoxy) is 1. The molecule has 102 valence electrons. The quantitative estimate of drug-likeness (QED) is 0.844. The number of rotatable bonds is 6. The Balaban J connectivity index is 3.08. The Labute approximate surface area is 107 Å². The summed E-state index contributed by atoms with van der Waals surface area (Å²) >= 11 is 0. The number of hydrogen-bond donors (Lipinski definition) is 1. The van der Waals surface area contributed by atoms with Crippen LogP contribution in [0, 0.1) is 18.6 Å². The Bertz CT molecular complexity index is 396. The molecule has 0 radical (unpaired) electrons.